The monoisotopic (exact) mass is 136 g/mol. The largest absolute Gasteiger partial charge is 0.467 e. The van der Waals surface area contributed by atoms with Crippen molar-refractivity contribution in [1.82, 2.24) is 0 Å². The fourth-order valence-corrected chi connectivity index (χ4v) is 0.606. The lowest BCUT2D eigenvalue weighted by molar-refractivity contribution is -0.129. The molecule has 0 saturated heterocycles. The molecule has 0 N–H and O–H groups in total. The van der Waals surface area contributed by atoms with Crippen LogP contribution in [0.5, 0.6) is 0 Å². The van der Waals surface area contributed by atoms with Crippen molar-refractivity contribution in [3.05, 3.63) is 0 Å². The normalized spacial score (nSPS) is 29.3. The highest BCUT2D eigenvalue weighted by Gasteiger charge is 2.57. The van der Waals surface area contributed by atoms with E-state index in [2.05, 4.69) is 4.74 Å². The number of rotatable bonds is 3. The second-order valence-corrected chi connectivity index (χ2v) is 2.09. The van der Waals surface area contributed by atoms with E-state index in [-0.39, 0.29) is 19.5 Å². The summed E-state index contributed by atoms with van der Waals surface area (Å²) in [6, 6.07) is 0. The molecular weight excluding hydrogens is 130 g/mol. The van der Waals surface area contributed by atoms with Crippen LogP contribution >= 0.6 is 0 Å². The van der Waals surface area contributed by atoms with Crippen molar-refractivity contribution in [1.29, 1.82) is 0 Å². The van der Waals surface area contributed by atoms with Gasteiger partial charge in [0.2, 0.25) is 0 Å². The van der Waals surface area contributed by atoms with E-state index in [1.165, 1.54) is 0 Å². The summed E-state index contributed by atoms with van der Waals surface area (Å²) in [5.74, 6) is -3.29. The van der Waals surface area contributed by atoms with Crippen LogP contribution in [0.25, 0.3) is 0 Å². The average molecular weight is 136 g/mol. The minimum absolute atomic E-state index is 0.138. The molecule has 4 heteroatoms. The van der Waals surface area contributed by atoms with E-state index in [1.54, 1.807) is 0 Å². The van der Waals surface area contributed by atoms with Gasteiger partial charge in [-0.1, -0.05) is 0 Å². The van der Waals surface area contributed by atoms with Gasteiger partial charge in [-0.05, 0) is 0 Å². The van der Waals surface area contributed by atoms with Gasteiger partial charge in [-0.2, -0.15) is 0 Å². The van der Waals surface area contributed by atoms with Crippen LogP contribution in [-0.4, -0.2) is 19.0 Å². The van der Waals surface area contributed by atoms with E-state index in [0.717, 1.165) is 0 Å². The zero-order valence-electron chi connectivity index (χ0n) is 4.64. The summed E-state index contributed by atoms with van der Waals surface area (Å²) in [4.78, 5) is 9.48. The number of carbonyl (C=O) groups is 1. The predicted molar refractivity (Wildman–Crippen MR) is 25.1 cm³/mol. The molecular formula is C5H6F2O2. The van der Waals surface area contributed by atoms with E-state index < -0.39 is 11.8 Å². The van der Waals surface area contributed by atoms with E-state index in [9.17, 15) is 13.6 Å². The summed E-state index contributed by atoms with van der Waals surface area (Å²) >= 11 is 0. The van der Waals surface area contributed by atoms with E-state index in [1.807, 2.05) is 0 Å². The first-order valence-corrected chi connectivity index (χ1v) is 2.60. The Kier molecular flexibility index (Phi) is 1.38. The third-order valence-corrected chi connectivity index (χ3v) is 1.32. The summed E-state index contributed by atoms with van der Waals surface area (Å²) in [6.07, 6.45) is -0.138. The predicted octanol–water partition coefficient (Wildman–Crippen LogP) is 0.815. The zero-order valence-corrected chi connectivity index (χ0v) is 4.64. The van der Waals surface area contributed by atoms with Crippen molar-refractivity contribution in [3.63, 3.8) is 0 Å². The fourth-order valence-electron chi connectivity index (χ4n) is 0.606. The molecule has 0 aromatic rings. The van der Waals surface area contributed by atoms with Gasteiger partial charge < -0.3 is 4.74 Å². The van der Waals surface area contributed by atoms with Gasteiger partial charge in [0.25, 0.3) is 12.4 Å². The molecule has 1 fully saturated rings. The van der Waals surface area contributed by atoms with Crippen molar-refractivity contribution in [3.8, 4) is 0 Å². The number of halogens is 2. The molecule has 1 aliphatic rings. The van der Waals surface area contributed by atoms with Crippen LogP contribution in [0, 0.1) is 5.92 Å². The van der Waals surface area contributed by atoms with Crippen LogP contribution in [0.3, 0.4) is 0 Å². The lowest BCUT2D eigenvalue weighted by Crippen LogP contribution is -2.01. The van der Waals surface area contributed by atoms with Crippen LogP contribution in [0.2, 0.25) is 0 Å². The molecule has 0 spiro atoms. The van der Waals surface area contributed by atoms with Gasteiger partial charge in [-0.3, -0.25) is 4.79 Å². The molecule has 1 unspecified atom stereocenters. The molecule has 0 aromatic carbocycles. The maximum atomic E-state index is 11.9. The first-order valence-electron chi connectivity index (χ1n) is 2.60. The molecule has 1 rings (SSSR count). The SMILES string of the molecule is O=COCC1CC1(F)F. The third-order valence-electron chi connectivity index (χ3n) is 1.32. The highest BCUT2D eigenvalue weighted by Crippen LogP contribution is 2.48. The average Bonchev–Trinajstić information content (AvgIpc) is 2.35. The highest BCUT2D eigenvalue weighted by molar-refractivity contribution is 5.37. The van der Waals surface area contributed by atoms with Gasteiger partial charge in [0.05, 0.1) is 12.5 Å². The topological polar surface area (TPSA) is 26.3 Å². The van der Waals surface area contributed by atoms with Gasteiger partial charge in [0, 0.05) is 6.42 Å². The Morgan fingerprint density at radius 3 is 2.67 bits per heavy atom. The molecule has 1 aliphatic carbocycles. The zero-order chi connectivity index (χ0) is 6.91. The molecule has 0 heterocycles. The Morgan fingerprint density at radius 1 is 1.78 bits per heavy atom. The van der Waals surface area contributed by atoms with E-state index in [0.29, 0.717) is 0 Å². The molecule has 9 heavy (non-hydrogen) atoms. The summed E-state index contributed by atoms with van der Waals surface area (Å²) in [7, 11) is 0. The number of hydrogen-bond acceptors (Lipinski definition) is 2. The number of carbonyl (C=O) groups excluding carboxylic acids is 1. The molecule has 0 aromatic heterocycles. The Balaban J connectivity index is 2.12. The van der Waals surface area contributed by atoms with Gasteiger partial charge in [0.15, 0.2) is 0 Å². The van der Waals surface area contributed by atoms with E-state index >= 15 is 0 Å². The third kappa shape index (κ3) is 1.37. The van der Waals surface area contributed by atoms with Gasteiger partial charge in [0.1, 0.15) is 0 Å². The molecule has 52 valence electrons. The molecule has 0 bridgehead atoms. The lowest BCUT2D eigenvalue weighted by atomic mass is 10.4. The quantitative estimate of drug-likeness (QED) is 0.537. The first-order chi connectivity index (χ1) is 4.17. The summed E-state index contributed by atoms with van der Waals surface area (Å²) in [5.41, 5.74) is 0. The second-order valence-electron chi connectivity index (χ2n) is 2.09. The van der Waals surface area contributed by atoms with Crippen molar-refractivity contribution < 1.29 is 18.3 Å². The van der Waals surface area contributed by atoms with Gasteiger partial charge >= 0.3 is 0 Å². The van der Waals surface area contributed by atoms with Crippen LogP contribution in [0.15, 0.2) is 0 Å². The standard InChI is InChI=1S/C5H6F2O2/c6-5(7)1-4(5)2-9-3-8/h3-4H,1-2H2. The highest BCUT2D eigenvalue weighted by atomic mass is 19.3. The summed E-state index contributed by atoms with van der Waals surface area (Å²) in [5, 5.41) is 0. The maximum absolute atomic E-state index is 11.9. The maximum Gasteiger partial charge on any atom is 0.293 e. The fraction of sp³-hybridized carbons (Fsp3) is 0.800. The second kappa shape index (κ2) is 1.93. The van der Waals surface area contributed by atoms with Gasteiger partial charge in [-0.25, -0.2) is 8.78 Å². The molecule has 2 nitrogen and oxygen atoms in total. The van der Waals surface area contributed by atoms with Crippen LogP contribution in [-0.2, 0) is 9.53 Å². The smallest absolute Gasteiger partial charge is 0.293 e. The Bertz CT molecular complexity index is 124. The number of ether oxygens (including phenoxy) is 1. The van der Waals surface area contributed by atoms with Crippen LogP contribution in [0.1, 0.15) is 6.42 Å². The lowest BCUT2D eigenvalue weighted by Gasteiger charge is -1.93. The number of hydrogen-bond donors (Lipinski definition) is 0. The van der Waals surface area contributed by atoms with Crippen molar-refractivity contribution in [2.75, 3.05) is 6.61 Å². The van der Waals surface area contributed by atoms with Crippen LogP contribution < -0.4 is 0 Å². The summed E-state index contributed by atoms with van der Waals surface area (Å²) in [6.45, 7) is 0.0465. The van der Waals surface area contributed by atoms with Crippen molar-refractivity contribution in [2.45, 2.75) is 12.3 Å². The molecule has 0 amide bonds. The minimum Gasteiger partial charge on any atom is -0.467 e. The number of alkyl halides is 2. The van der Waals surface area contributed by atoms with Crippen LogP contribution in [0.4, 0.5) is 8.78 Å². The summed E-state index contributed by atoms with van der Waals surface area (Å²) < 4.78 is 28.0. The Labute approximate surface area is 50.8 Å². The van der Waals surface area contributed by atoms with Gasteiger partial charge in [-0.15, -0.1) is 0 Å². The first kappa shape index (κ1) is 6.45. The Hall–Kier alpha value is -0.670. The molecule has 1 atom stereocenters. The van der Waals surface area contributed by atoms with Crippen molar-refractivity contribution in [2.24, 2.45) is 5.92 Å². The van der Waals surface area contributed by atoms with E-state index in [4.69, 9.17) is 0 Å². The van der Waals surface area contributed by atoms with Crippen molar-refractivity contribution >= 4 is 6.47 Å². The molecule has 1 saturated carbocycles. The molecule has 0 radical (unpaired) electrons. The Morgan fingerprint density at radius 2 is 2.33 bits per heavy atom. The molecule has 0 aliphatic heterocycles. The minimum atomic E-state index is -2.57.